The Bertz CT molecular complexity index is 1250. The highest BCUT2D eigenvalue weighted by Crippen LogP contribution is 2.35. The lowest BCUT2D eigenvalue weighted by Gasteiger charge is -2.31. The summed E-state index contributed by atoms with van der Waals surface area (Å²) in [6, 6.07) is 6.09. The van der Waals surface area contributed by atoms with E-state index in [9.17, 15) is 9.90 Å². The highest BCUT2D eigenvalue weighted by molar-refractivity contribution is 9.10. The number of rotatable bonds is 10. The molecule has 3 N–H and O–H groups in total. The number of aliphatic hydroxyl groups excluding tert-OH is 1. The van der Waals surface area contributed by atoms with Crippen LogP contribution in [0, 0.1) is 6.92 Å². The Labute approximate surface area is 237 Å². The molecule has 2 aromatic heterocycles. The molecule has 3 aromatic rings. The van der Waals surface area contributed by atoms with Crippen LogP contribution in [0.2, 0.25) is 0 Å². The lowest BCUT2D eigenvalue weighted by atomic mass is 9.93. The number of nitrogens with one attached hydrogen (secondary N) is 2. The molecule has 1 saturated carbocycles. The highest BCUT2D eigenvalue weighted by Gasteiger charge is 2.23. The molecule has 1 fully saturated rings. The standard InChI is InChI=1S/C26H31BrN6O4.H2S/c1-16-23(37-15-31-16)13-36-22-6-5-17-11-33(8-7-20(17)25(22)27)12-19(34)10-28-26(35)21-9-24(30-14-29-21)32-18-3-2-4-18;/h5-6,9,14-15,18-19,34H,2-4,7-8,10-13H2,1H3,(H,28,35)(H,29,30,32);1H2/t19-;/m0./s1. The van der Waals surface area contributed by atoms with Crippen molar-refractivity contribution in [1.82, 2.24) is 25.2 Å². The number of aliphatic hydroxyl groups is 1. The largest absolute Gasteiger partial charge is 0.484 e. The van der Waals surface area contributed by atoms with E-state index in [-0.39, 0.29) is 31.6 Å². The van der Waals surface area contributed by atoms with Crippen LogP contribution in [0.15, 0.2) is 39.8 Å². The maximum atomic E-state index is 12.6. The number of β-amino-alcohol motifs (C(OH)–C–C–N with tert-alkyl or cyclic N) is 1. The van der Waals surface area contributed by atoms with Crippen LogP contribution in [0.25, 0.3) is 0 Å². The summed E-state index contributed by atoms with van der Waals surface area (Å²) in [4.78, 5) is 27.1. The van der Waals surface area contributed by atoms with Crippen molar-refractivity contribution in [2.75, 3.05) is 25.0 Å². The van der Waals surface area contributed by atoms with Gasteiger partial charge in [-0.25, -0.2) is 15.0 Å². The molecule has 204 valence electrons. The summed E-state index contributed by atoms with van der Waals surface area (Å²) in [6.45, 7) is 4.32. The third-order valence-electron chi connectivity index (χ3n) is 6.90. The Balaban J connectivity index is 0.00000336. The van der Waals surface area contributed by atoms with Gasteiger partial charge in [0.05, 0.1) is 16.3 Å². The number of oxazole rings is 1. The minimum atomic E-state index is -0.698. The lowest BCUT2D eigenvalue weighted by Crippen LogP contribution is -2.42. The summed E-state index contributed by atoms with van der Waals surface area (Å²) in [5, 5.41) is 16.7. The number of ether oxygens (including phenoxy) is 1. The van der Waals surface area contributed by atoms with Crippen LogP contribution >= 0.6 is 29.4 Å². The van der Waals surface area contributed by atoms with Crippen LogP contribution in [-0.4, -0.2) is 62.6 Å². The van der Waals surface area contributed by atoms with E-state index in [1.54, 1.807) is 6.07 Å². The Morgan fingerprint density at radius 1 is 1.32 bits per heavy atom. The number of benzene rings is 1. The number of nitrogens with zero attached hydrogens (tertiary/aromatic N) is 4. The smallest absolute Gasteiger partial charge is 0.270 e. The molecule has 3 heterocycles. The first kappa shape index (κ1) is 28.3. The van der Waals surface area contributed by atoms with Gasteiger partial charge >= 0.3 is 0 Å². The number of anilines is 1. The SMILES string of the molecule is Cc1ncoc1COc1ccc2c(c1Br)CCN(C[C@@H](O)CNC(=O)c1cc(NC3CCC3)ncn1)C2.S. The molecule has 10 nitrogen and oxygen atoms in total. The van der Waals surface area contributed by atoms with Crippen LogP contribution in [0.4, 0.5) is 5.82 Å². The van der Waals surface area contributed by atoms with E-state index >= 15 is 0 Å². The number of hydrogen-bond donors (Lipinski definition) is 3. The van der Waals surface area contributed by atoms with E-state index in [0.717, 1.165) is 41.7 Å². The predicted octanol–water partition coefficient (Wildman–Crippen LogP) is 3.34. The Kier molecular flexibility index (Phi) is 9.64. The average Bonchev–Trinajstić information content (AvgIpc) is 3.29. The minimum Gasteiger partial charge on any atom is -0.484 e. The zero-order valence-electron chi connectivity index (χ0n) is 21.2. The fourth-order valence-corrected chi connectivity index (χ4v) is 5.21. The quantitative estimate of drug-likeness (QED) is 0.319. The van der Waals surface area contributed by atoms with Gasteiger partial charge in [0, 0.05) is 38.3 Å². The van der Waals surface area contributed by atoms with Gasteiger partial charge in [-0.15, -0.1) is 0 Å². The van der Waals surface area contributed by atoms with Crippen LogP contribution in [0.3, 0.4) is 0 Å². The number of fused-ring (bicyclic) bond motifs is 1. The molecule has 2 aliphatic rings. The highest BCUT2D eigenvalue weighted by atomic mass is 79.9. The number of carbonyl (C=O) groups is 1. The minimum absolute atomic E-state index is 0. The van der Waals surface area contributed by atoms with E-state index in [1.165, 1.54) is 30.3 Å². The molecule has 0 spiro atoms. The van der Waals surface area contributed by atoms with Crippen LogP contribution in [0.1, 0.15) is 52.3 Å². The first-order valence-corrected chi connectivity index (χ1v) is 13.3. The lowest BCUT2D eigenvalue weighted by molar-refractivity contribution is 0.0837. The summed E-state index contributed by atoms with van der Waals surface area (Å²) in [5.41, 5.74) is 3.51. The van der Waals surface area contributed by atoms with Gasteiger partial charge in [0.25, 0.3) is 5.91 Å². The summed E-state index contributed by atoms with van der Waals surface area (Å²) < 4.78 is 12.3. The van der Waals surface area contributed by atoms with E-state index in [2.05, 4.69) is 52.5 Å². The van der Waals surface area contributed by atoms with Gasteiger partial charge in [-0.05, 0) is 65.7 Å². The number of aromatic nitrogens is 3. The van der Waals surface area contributed by atoms with E-state index < -0.39 is 6.10 Å². The number of halogens is 1. The van der Waals surface area contributed by atoms with Crippen molar-refractivity contribution in [3.05, 3.63) is 63.7 Å². The normalized spacial score (nSPS) is 16.1. The Morgan fingerprint density at radius 2 is 2.16 bits per heavy atom. The molecule has 1 aromatic carbocycles. The molecule has 1 aliphatic heterocycles. The second kappa shape index (κ2) is 12.9. The number of amides is 1. The maximum Gasteiger partial charge on any atom is 0.270 e. The number of carbonyl (C=O) groups excluding carboxylic acids is 1. The number of hydrogen-bond acceptors (Lipinski definition) is 9. The topological polar surface area (TPSA) is 126 Å². The van der Waals surface area contributed by atoms with Crippen molar-refractivity contribution in [2.24, 2.45) is 0 Å². The fourth-order valence-electron chi connectivity index (χ4n) is 4.51. The van der Waals surface area contributed by atoms with Gasteiger partial charge in [0.15, 0.2) is 12.2 Å². The van der Waals surface area contributed by atoms with Crippen molar-refractivity contribution in [3.8, 4) is 5.75 Å². The first-order valence-electron chi connectivity index (χ1n) is 12.6. The van der Waals surface area contributed by atoms with Crippen LogP contribution in [-0.2, 0) is 19.6 Å². The molecule has 1 aliphatic carbocycles. The Morgan fingerprint density at radius 3 is 2.89 bits per heavy atom. The van der Waals surface area contributed by atoms with Crippen molar-refractivity contribution in [3.63, 3.8) is 0 Å². The summed E-state index contributed by atoms with van der Waals surface area (Å²) in [5.74, 6) is 1.81. The van der Waals surface area contributed by atoms with Crippen LogP contribution < -0.4 is 15.4 Å². The van der Waals surface area contributed by atoms with E-state index in [1.807, 2.05) is 13.0 Å². The molecule has 1 atom stereocenters. The molecule has 1 amide bonds. The van der Waals surface area contributed by atoms with E-state index in [0.29, 0.717) is 37.3 Å². The van der Waals surface area contributed by atoms with Gasteiger partial charge in [-0.3, -0.25) is 9.69 Å². The van der Waals surface area contributed by atoms with E-state index in [4.69, 9.17) is 9.15 Å². The average molecular weight is 606 g/mol. The summed E-state index contributed by atoms with van der Waals surface area (Å²) >= 11 is 3.71. The van der Waals surface area contributed by atoms with Crippen LogP contribution in [0.5, 0.6) is 5.75 Å². The second-order valence-corrected chi connectivity index (χ2v) is 10.4. The Hall–Kier alpha value is -2.67. The zero-order chi connectivity index (χ0) is 25.8. The van der Waals surface area contributed by atoms with Crippen molar-refractivity contribution >= 4 is 41.2 Å². The van der Waals surface area contributed by atoms with Gasteiger partial charge in [-0.1, -0.05) is 6.07 Å². The first-order chi connectivity index (χ1) is 18.0. The molecule has 0 bridgehead atoms. The maximum absolute atomic E-state index is 12.6. The molecule has 12 heteroatoms. The number of aryl methyl sites for hydroxylation is 1. The third kappa shape index (κ3) is 6.85. The van der Waals surface area contributed by atoms with Gasteiger partial charge in [0.1, 0.15) is 30.2 Å². The molecule has 38 heavy (non-hydrogen) atoms. The summed E-state index contributed by atoms with van der Waals surface area (Å²) in [7, 11) is 0. The van der Waals surface area contributed by atoms with Gasteiger partial charge < -0.3 is 24.9 Å². The summed E-state index contributed by atoms with van der Waals surface area (Å²) in [6.07, 6.45) is 6.39. The molecule has 0 saturated heterocycles. The van der Waals surface area contributed by atoms with Crippen molar-refractivity contribution in [1.29, 1.82) is 0 Å². The zero-order valence-corrected chi connectivity index (χ0v) is 23.8. The monoisotopic (exact) mass is 604 g/mol. The van der Waals surface area contributed by atoms with Gasteiger partial charge in [-0.2, -0.15) is 13.5 Å². The predicted molar refractivity (Wildman–Crippen MR) is 151 cm³/mol. The molecular weight excluding hydrogens is 572 g/mol. The van der Waals surface area contributed by atoms with Crippen molar-refractivity contribution < 1.29 is 19.1 Å². The van der Waals surface area contributed by atoms with Gasteiger partial charge in [0.2, 0.25) is 0 Å². The molecule has 0 radical (unpaired) electrons. The van der Waals surface area contributed by atoms with Crippen molar-refractivity contribution in [2.45, 2.75) is 57.9 Å². The second-order valence-electron chi connectivity index (χ2n) is 9.57. The molecule has 0 unspecified atom stereocenters. The molecule has 5 rings (SSSR count). The third-order valence-corrected chi connectivity index (χ3v) is 7.77. The fraction of sp³-hybridized carbons (Fsp3) is 0.462. The molecular formula is C26H33BrN6O4S.